The number of hydrogen-bond donors (Lipinski definition) is 0. The molecular formula is C18H27N3O4S. The van der Waals surface area contributed by atoms with Crippen LogP contribution in [0.5, 0.6) is 5.75 Å². The summed E-state index contributed by atoms with van der Waals surface area (Å²) in [6.45, 7) is 3.71. The number of carbonyl (C=O) groups is 1. The summed E-state index contributed by atoms with van der Waals surface area (Å²) in [6, 6.07) is 6.56. The number of amides is 1. The molecule has 1 amide bonds. The number of benzene rings is 1. The van der Waals surface area contributed by atoms with E-state index in [4.69, 9.17) is 4.74 Å². The highest BCUT2D eigenvalue weighted by Gasteiger charge is 2.43. The van der Waals surface area contributed by atoms with Crippen molar-refractivity contribution in [1.82, 2.24) is 14.1 Å². The first-order chi connectivity index (χ1) is 12.3. The molecule has 144 valence electrons. The van der Waals surface area contributed by atoms with Gasteiger partial charge >= 0.3 is 0 Å². The predicted octanol–water partition coefficient (Wildman–Crippen LogP) is 1.01. The Bertz CT molecular complexity index is 765. The van der Waals surface area contributed by atoms with Crippen LogP contribution in [-0.2, 0) is 14.8 Å². The average Bonchev–Trinajstić information content (AvgIpc) is 2.82. The number of rotatable bonds is 3. The number of ether oxygens (including phenoxy) is 1. The molecule has 3 rings (SSSR count). The van der Waals surface area contributed by atoms with E-state index in [0.717, 1.165) is 0 Å². The SMILES string of the molecule is CC(=O)N1CC[C@@H]2[C@@H](CC1)Oc1ccccc1S(=O)(=O)N2CCN(C)C. The molecule has 0 N–H and O–H groups in total. The molecule has 2 heterocycles. The molecular weight excluding hydrogens is 354 g/mol. The third kappa shape index (κ3) is 3.72. The Morgan fingerprint density at radius 1 is 1.23 bits per heavy atom. The number of nitrogens with zero attached hydrogens (tertiary/aromatic N) is 3. The Labute approximate surface area is 155 Å². The molecule has 2 atom stereocenters. The Morgan fingerprint density at radius 2 is 1.92 bits per heavy atom. The summed E-state index contributed by atoms with van der Waals surface area (Å²) in [5.74, 6) is 0.427. The van der Waals surface area contributed by atoms with Crippen molar-refractivity contribution in [2.75, 3.05) is 40.3 Å². The Kier molecular flexibility index (Phi) is 5.55. The van der Waals surface area contributed by atoms with Crippen LogP contribution in [0.15, 0.2) is 29.2 Å². The second-order valence-electron chi connectivity index (χ2n) is 7.17. The van der Waals surface area contributed by atoms with E-state index in [0.29, 0.717) is 44.8 Å². The minimum atomic E-state index is -3.66. The minimum Gasteiger partial charge on any atom is -0.487 e. The van der Waals surface area contributed by atoms with Gasteiger partial charge in [-0.2, -0.15) is 4.31 Å². The maximum atomic E-state index is 13.4. The van der Waals surface area contributed by atoms with Crippen LogP contribution >= 0.6 is 0 Å². The average molecular weight is 381 g/mol. The molecule has 0 unspecified atom stereocenters. The molecule has 0 bridgehead atoms. The fraction of sp³-hybridized carbons (Fsp3) is 0.611. The van der Waals surface area contributed by atoms with Gasteiger partial charge in [0.05, 0.1) is 6.04 Å². The molecule has 1 aromatic carbocycles. The van der Waals surface area contributed by atoms with Gasteiger partial charge in [0, 0.05) is 39.5 Å². The highest BCUT2D eigenvalue weighted by molar-refractivity contribution is 7.89. The summed E-state index contributed by atoms with van der Waals surface area (Å²) in [5, 5.41) is 0. The van der Waals surface area contributed by atoms with Gasteiger partial charge in [-0.1, -0.05) is 12.1 Å². The second kappa shape index (κ2) is 7.54. The fourth-order valence-electron chi connectivity index (χ4n) is 3.66. The summed E-state index contributed by atoms with van der Waals surface area (Å²) in [6.07, 6.45) is 0.928. The highest BCUT2D eigenvalue weighted by Crippen LogP contribution is 2.36. The number of sulfonamides is 1. The summed E-state index contributed by atoms with van der Waals surface area (Å²) >= 11 is 0. The molecule has 26 heavy (non-hydrogen) atoms. The number of likely N-dealkylation sites (tertiary alicyclic amines) is 1. The van der Waals surface area contributed by atoms with Crippen molar-refractivity contribution in [2.24, 2.45) is 0 Å². The number of para-hydroxylation sites is 1. The Morgan fingerprint density at radius 3 is 2.62 bits per heavy atom. The molecule has 0 aromatic heterocycles. The normalized spacial score (nSPS) is 25.6. The molecule has 8 heteroatoms. The maximum absolute atomic E-state index is 13.4. The van der Waals surface area contributed by atoms with E-state index in [9.17, 15) is 13.2 Å². The summed E-state index contributed by atoms with van der Waals surface area (Å²) < 4.78 is 34.5. The van der Waals surface area contributed by atoms with E-state index in [1.165, 1.54) is 0 Å². The first kappa shape index (κ1) is 19.1. The predicted molar refractivity (Wildman–Crippen MR) is 98.6 cm³/mol. The van der Waals surface area contributed by atoms with Crippen LogP contribution in [0.3, 0.4) is 0 Å². The largest absolute Gasteiger partial charge is 0.487 e. The van der Waals surface area contributed by atoms with Gasteiger partial charge in [-0.25, -0.2) is 8.42 Å². The van der Waals surface area contributed by atoms with Gasteiger partial charge in [-0.3, -0.25) is 4.79 Å². The molecule has 7 nitrogen and oxygen atoms in total. The van der Waals surface area contributed by atoms with Crippen LogP contribution in [0, 0.1) is 0 Å². The lowest BCUT2D eigenvalue weighted by Crippen LogP contribution is -2.49. The fourth-order valence-corrected chi connectivity index (χ4v) is 5.45. The van der Waals surface area contributed by atoms with E-state index in [1.54, 1.807) is 40.4 Å². The third-order valence-corrected chi connectivity index (χ3v) is 7.07. The first-order valence-electron chi connectivity index (χ1n) is 8.98. The molecule has 1 saturated heterocycles. The highest BCUT2D eigenvalue weighted by atomic mass is 32.2. The van der Waals surface area contributed by atoms with E-state index in [2.05, 4.69) is 0 Å². The molecule has 1 aromatic rings. The van der Waals surface area contributed by atoms with Crippen LogP contribution in [-0.4, -0.2) is 80.9 Å². The summed E-state index contributed by atoms with van der Waals surface area (Å²) in [7, 11) is 0.194. The number of carbonyl (C=O) groups excluding carboxylic acids is 1. The molecule has 0 spiro atoms. The zero-order valence-corrected chi connectivity index (χ0v) is 16.4. The van der Waals surface area contributed by atoms with Crippen molar-refractivity contribution in [1.29, 1.82) is 0 Å². The van der Waals surface area contributed by atoms with Crippen LogP contribution in [0.25, 0.3) is 0 Å². The van der Waals surface area contributed by atoms with E-state index < -0.39 is 10.0 Å². The topological polar surface area (TPSA) is 70.2 Å². The van der Waals surface area contributed by atoms with Gasteiger partial charge < -0.3 is 14.5 Å². The van der Waals surface area contributed by atoms with Crippen LogP contribution in [0.2, 0.25) is 0 Å². The van der Waals surface area contributed by atoms with Crippen LogP contribution < -0.4 is 4.74 Å². The molecule has 0 radical (unpaired) electrons. The zero-order valence-electron chi connectivity index (χ0n) is 15.6. The lowest BCUT2D eigenvalue weighted by atomic mass is 10.1. The number of fused-ring (bicyclic) bond motifs is 2. The summed E-state index contributed by atoms with van der Waals surface area (Å²) in [4.78, 5) is 15.8. The molecule has 0 aliphatic carbocycles. The number of hydrogen-bond acceptors (Lipinski definition) is 5. The smallest absolute Gasteiger partial charge is 0.247 e. The molecule has 2 aliphatic rings. The van der Waals surface area contributed by atoms with E-state index >= 15 is 0 Å². The second-order valence-corrected chi connectivity index (χ2v) is 9.03. The molecule has 0 saturated carbocycles. The van der Waals surface area contributed by atoms with Crippen molar-refractivity contribution in [3.05, 3.63) is 24.3 Å². The van der Waals surface area contributed by atoms with Crippen molar-refractivity contribution < 1.29 is 17.9 Å². The van der Waals surface area contributed by atoms with Gasteiger partial charge in [0.15, 0.2) is 0 Å². The lowest BCUT2D eigenvalue weighted by molar-refractivity contribution is -0.128. The monoisotopic (exact) mass is 381 g/mol. The Hall–Kier alpha value is -1.64. The third-order valence-electron chi connectivity index (χ3n) is 5.10. The van der Waals surface area contributed by atoms with Crippen molar-refractivity contribution >= 4 is 15.9 Å². The minimum absolute atomic E-state index is 0.0181. The van der Waals surface area contributed by atoms with Gasteiger partial charge in [-0.05, 0) is 32.6 Å². The van der Waals surface area contributed by atoms with Gasteiger partial charge in [0.2, 0.25) is 15.9 Å². The molecule has 2 aliphatic heterocycles. The van der Waals surface area contributed by atoms with E-state index in [1.807, 2.05) is 19.0 Å². The van der Waals surface area contributed by atoms with Gasteiger partial charge in [0.25, 0.3) is 0 Å². The van der Waals surface area contributed by atoms with Crippen molar-refractivity contribution in [2.45, 2.75) is 36.8 Å². The number of likely N-dealkylation sites (N-methyl/N-ethyl adjacent to an activating group) is 1. The van der Waals surface area contributed by atoms with Gasteiger partial charge in [0.1, 0.15) is 16.7 Å². The van der Waals surface area contributed by atoms with Crippen LogP contribution in [0.4, 0.5) is 0 Å². The lowest BCUT2D eigenvalue weighted by Gasteiger charge is -2.32. The first-order valence-corrected chi connectivity index (χ1v) is 10.4. The molecule has 1 fully saturated rings. The van der Waals surface area contributed by atoms with Crippen molar-refractivity contribution in [3.8, 4) is 5.75 Å². The summed E-state index contributed by atoms with van der Waals surface area (Å²) in [5.41, 5.74) is 0. The van der Waals surface area contributed by atoms with Crippen LogP contribution in [0.1, 0.15) is 19.8 Å². The zero-order chi connectivity index (χ0) is 18.9. The Balaban J connectivity index is 2.01. The van der Waals surface area contributed by atoms with Crippen molar-refractivity contribution in [3.63, 3.8) is 0 Å². The van der Waals surface area contributed by atoms with E-state index in [-0.39, 0.29) is 22.9 Å². The standard InChI is InChI=1S/C18H27N3O4S/c1-14(22)20-10-8-15-16(9-11-20)25-17-6-4-5-7-18(17)26(23,24)21(15)13-12-19(2)3/h4-7,15-16H,8-13H2,1-3H3/t15-,16-/m1/s1. The van der Waals surface area contributed by atoms with Gasteiger partial charge in [-0.15, -0.1) is 0 Å². The quantitative estimate of drug-likeness (QED) is 0.782. The maximum Gasteiger partial charge on any atom is 0.247 e.